The third-order valence-corrected chi connectivity index (χ3v) is 3.67. The van der Waals surface area contributed by atoms with Gasteiger partial charge in [-0.2, -0.15) is 0 Å². The molecule has 0 fully saturated rings. The summed E-state index contributed by atoms with van der Waals surface area (Å²) >= 11 is 0. The topological polar surface area (TPSA) is 35.5 Å². The Hall–Kier alpha value is -2.29. The SMILES string of the molecule is Cc1ccc(OCCOc2cccc3c2CCC3=O)cc1. The average molecular weight is 282 g/mol. The summed E-state index contributed by atoms with van der Waals surface area (Å²) in [4.78, 5) is 11.7. The zero-order valence-corrected chi connectivity index (χ0v) is 12.1. The Morgan fingerprint density at radius 2 is 1.71 bits per heavy atom. The van der Waals surface area contributed by atoms with Crippen LogP contribution in [0.3, 0.4) is 0 Å². The smallest absolute Gasteiger partial charge is 0.163 e. The van der Waals surface area contributed by atoms with Gasteiger partial charge in [0, 0.05) is 17.5 Å². The van der Waals surface area contributed by atoms with Crippen molar-refractivity contribution in [1.82, 2.24) is 0 Å². The van der Waals surface area contributed by atoms with Crippen LogP contribution in [-0.2, 0) is 6.42 Å². The molecule has 0 unspecified atom stereocenters. The summed E-state index contributed by atoms with van der Waals surface area (Å²) in [5, 5.41) is 0. The van der Waals surface area contributed by atoms with Crippen LogP contribution in [0, 0.1) is 6.92 Å². The van der Waals surface area contributed by atoms with Crippen molar-refractivity contribution in [2.75, 3.05) is 13.2 Å². The molecule has 3 heteroatoms. The van der Waals surface area contributed by atoms with Gasteiger partial charge in [-0.05, 0) is 31.5 Å². The number of rotatable bonds is 5. The molecule has 1 aliphatic rings. The predicted octanol–water partition coefficient (Wildman–Crippen LogP) is 3.58. The number of fused-ring (bicyclic) bond motifs is 1. The van der Waals surface area contributed by atoms with Crippen molar-refractivity contribution in [1.29, 1.82) is 0 Å². The van der Waals surface area contributed by atoms with E-state index in [2.05, 4.69) is 0 Å². The molecule has 3 nitrogen and oxygen atoms in total. The molecule has 0 saturated heterocycles. The largest absolute Gasteiger partial charge is 0.490 e. The minimum absolute atomic E-state index is 0.214. The summed E-state index contributed by atoms with van der Waals surface area (Å²) in [5.74, 6) is 1.87. The first kappa shape index (κ1) is 13.7. The van der Waals surface area contributed by atoms with Crippen molar-refractivity contribution in [3.63, 3.8) is 0 Å². The van der Waals surface area contributed by atoms with E-state index in [4.69, 9.17) is 9.47 Å². The second kappa shape index (κ2) is 6.00. The zero-order chi connectivity index (χ0) is 14.7. The number of benzene rings is 2. The summed E-state index contributed by atoms with van der Waals surface area (Å²) in [6.07, 6.45) is 1.37. The van der Waals surface area contributed by atoms with Gasteiger partial charge in [0.25, 0.3) is 0 Å². The van der Waals surface area contributed by atoms with Gasteiger partial charge < -0.3 is 9.47 Å². The molecule has 0 spiro atoms. The van der Waals surface area contributed by atoms with E-state index in [1.807, 2.05) is 49.4 Å². The van der Waals surface area contributed by atoms with Gasteiger partial charge in [-0.1, -0.05) is 29.8 Å². The van der Waals surface area contributed by atoms with Gasteiger partial charge in [0.2, 0.25) is 0 Å². The van der Waals surface area contributed by atoms with E-state index in [-0.39, 0.29) is 5.78 Å². The number of aryl methyl sites for hydroxylation is 1. The molecule has 0 aromatic heterocycles. The molecule has 0 heterocycles. The number of carbonyl (C=O) groups is 1. The number of ketones is 1. The lowest BCUT2D eigenvalue weighted by Gasteiger charge is -2.11. The highest BCUT2D eigenvalue weighted by Crippen LogP contribution is 2.30. The molecule has 1 aliphatic carbocycles. The Balaban J connectivity index is 1.54. The van der Waals surface area contributed by atoms with E-state index in [9.17, 15) is 4.79 Å². The molecule has 108 valence electrons. The molecule has 0 N–H and O–H groups in total. The maximum atomic E-state index is 11.7. The van der Waals surface area contributed by atoms with Crippen molar-refractivity contribution in [2.45, 2.75) is 19.8 Å². The molecule has 0 atom stereocenters. The second-order valence-corrected chi connectivity index (χ2v) is 5.22. The Bertz CT molecular complexity index is 644. The average Bonchev–Trinajstić information content (AvgIpc) is 2.88. The molecule has 0 saturated carbocycles. The minimum Gasteiger partial charge on any atom is -0.490 e. The monoisotopic (exact) mass is 282 g/mol. The van der Waals surface area contributed by atoms with Gasteiger partial charge >= 0.3 is 0 Å². The van der Waals surface area contributed by atoms with E-state index < -0.39 is 0 Å². The standard InChI is InChI=1S/C18H18O3/c1-13-5-7-14(8-6-13)20-11-12-21-18-4-2-3-15-16(18)9-10-17(15)19/h2-8H,9-12H2,1H3. The fraction of sp³-hybridized carbons (Fsp3) is 0.278. The van der Waals surface area contributed by atoms with Crippen LogP contribution < -0.4 is 9.47 Å². The van der Waals surface area contributed by atoms with Crippen LogP contribution in [0.15, 0.2) is 42.5 Å². The summed E-state index contributed by atoms with van der Waals surface area (Å²) in [5.41, 5.74) is 3.06. The lowest BCUT2D eigenvalue weighted by atomic mass is 10.1. The van der Waals surface area contributed by atoms with Crippen LogP contribution >= 0.6 is 0 Å². The van der Waals surface area contributed by atoms with Gasteiger partial charge in [-0.25, -0.2) is 0 Å². The van der Waals surface area contributed by atoms with E-state index in [0.29, 0.717) is 19.6 Å². The summed E-state index contributed by atoms with van der Waals surface area (Å²) in [6.45, 7) is 3.00. The maximum Gasteiger partial charge on any atom is 0.163 e. The predicted molar refractivity (Wildman–Crippen MR) is 81.3 cm³/mol. The summed E-state index contributed by atoms with van der Waals surface area (Å²) in [7, 11) is 0. The molecule has 0 radical (unpaired) electrons. The lowest BCUT2D eigenvalue weighted by Crippen LogP contribution is -2.10. The van der Waals surface area contributed by atoms with Crippen molar-refractivity contribution in [3.8, 4) is 11.5 Å². The third kappa shape index (κ3) is 3.07. The zero-order valence-electron chi connectivity index (χ0n) is 12.1. The first-order chi connectivity index (χ1) is 10.2. The van der Waals surface area contributed by atoms with Crippen molar-refractivity contribution >= 4 is 5.78 Å². The lowest BCUT2D eigenvalue weighted by molar-refractivity contribution is 0.0994. The molecule has 3 rings (SSSR count). The fourth-order valence-electron chi connectivity index (χ4n) is 2.54. The van der Waals surface area contributed by atoms with Crippen LogP contribution in [0.2, 0.25) is 0 Å². The van der Waals surface area contributed by atoms with Crippen molar-refractivity contribution in [2.24, 2.45) is 0 Å². The number of ether oxygens (including phenoxy) is 2. The third-order valence-electron chi connectivity index (χ3n) is 3.67. The maximum absolute atomic E-state index is 11.7. The molecule has 0 amide bonds. The number of hydrogen-bond donors (Lipinski definition) is 0. The Labute approximate surface area is 124 Å². The second-order valence-electron chi connectivity index (χ2n) is 5.22. The molecular formula is C18H18O3. The van der Waals surface area contributed by atoms with Crippen LogP contribution in [0.5, 0.6) is 11.5 Å². The van der Waals surface area contributed by atoms with Gasteiger partial charge in [-0.3, -0.25) is 4.79 Å². The number of Topliss-reactive ketones (excluding diaryl/α,β-unsaturated/α-hetero) is 1. The van der Waals surface area contributed by atoms with Crippen LogP contribution in [-0.4, -0.2) is 19.0 Å². The first-order valence-corrected chi connectivity index (χ1v) is 7.21. The van der Waals surface area contributed by atoms with Crippen molar-refractivity contribution in [3.05, 3.63) is 59.2 Å². The van der Waals surface area contributed by atoms with Crippen molar-refractivity contribution < 1.29 is 14.3 Å². The summed E-state index contributed by atoms with van der Waals surface area (Å²) < 4.78 is 11.4. The van der Waals surface area contributed by atoms with Gasteiger partial charge in [0.05, 0.1) is 0 Å². The van der Waals surface area contributed by atoms with E-state index in [1.165, 1.54) is 5.56 Å². The molecule has 0 aliphatic heterocycles. The van der Waals surface area contributed by atoms with Gasteiger partial charge in [-0.15, -0.1) is 0 Å². The van der Waals surface area contributed by atoms with E-state index in [1.54, 1.807) is 0 Å². The highest BCUT2D eigenvalue weighted by molar-refractivity contribution is 6.01. The molecule has 0 bridgehead atoms. The van der Waals surface area contributed by atoms with E-state index in [0.717, 1.165) is 29.0 Å². The van der Waals surface area contributed by atoms with Gasteiger partial charge in [0.15, 0.2) is 5.78 Å². The Kier molecular flexibility index (Phi) is 3.91. The molecule has 21 heavy (non-hydrogen) atoms. The molecule has 2 aromatic carbocycles. The quantitative estimate of drug-likeness (QED) is 0.786. The molecular weight excluding hydrogens is 264 g/mol. The molecule has 2 aromatic rings. The minimum atomic E-state index is 0.214. The first-order valence-electron chi connectivity index (χ1n) is 7.21. The number of hydrogen-bond acceptors (Lipinski definition) is 3. The van der Waals surface area contributed by atoms with Crippen LogP contribution in [0.1, 0.15) is 27.9 Å². The van der Waals surface area contributed by atoms with Crippen LogP contribution in [0.25, 0.3) is 0 Å². The fourth-order valence-corrected chi connectivity index (χ4v) is 2.54. The Morgan fingerprint density at radius 1 is 0.952 bits per heavy atom. The highest BCUT2D eigenvalue weighted by atomic mass is 16.5. The Morgan fingerprint density at radius 3 is 2.52 bits per heavy atom. The summed E-state index contributed by atoms with van der Waals surface area (Å²) in [6, 6.07) is 13.6. The highest BCUT2D eigenvalue weighted by Gasteiger charge is 2.22. The number of carbonyl (C=O) groups excluding carboxylic acids is 1. The van der Waals surface area contributed by atoms with Crippen LogP contribution in [0.4, 0.5) is 0 Å². The normalized spacial score (nSPS) is 13.1. The van der Waals surface area contributed by atoms with Gasteiger partial charge in [0.1, 0.15) is 24.7 Å². The van der Waals surface area contributed by atoms with E-state index >= 15 is 0 Å².